The van der Waals surface area contributed by atoms with Gasteiger partial charge < -0.3 is 10.1 Å². The third kappa shape index (κ3) is 4.99. The molecule has 1 aliphatic heterocycles. The predicted molar refractivity (Wildman–Crippen MR) is 117 cm³/mol. The molecular formula is C21H20N2O3S2. The predicted octanol–water partition coefficient (Wildman–Crippen LogP) is 4.23. The Hall–Kier alpha value is -2.64. The molecule has 2 amide bonds. The molecule has 0 spiro atoms. The van der Waals surface area contributed by atoms with Crippen LogP contribution in [0.15, 0.2) is 53.4 Å². The van der Waals surface area contributed by atoms with E-state index in [4.69, 9.17) is 17.0 Å². The number of aryl methyl sites for hydroxylation is 1. The maximum Gasteiger partial charge on any atom is 0.266 e. The molecular weight excluding hydrogens is 392 g/mol. The van der Waals surface area contributed by atoms with Gasteiger partial charge in [0, 0.05) is 5.69 Å². The van der Waals surface area contributed by atoms with Gasteiger partial charge >= 0.3 is 0 Å². The average Bonchev–Trinajstić information content (AvgIpc) is 2.93. The molecule has 1 aliphatic rings. The summed E-state index contributed by atoms with van der Waals surface area (Å²) in [4.78, 5) is 26.8. The number of thioether (sulfide) groups is 1. The van der Waals surface area contributed by atoms with Gasteiger partial charge in [0.2, 0.25) is 5.91 Å². The SMILES string of the molecule is CCOc1ccc(NC(=O)CN2C(=O)/C(=C\c3ccc(C)cc3)SC2=S)cc1. The molecule has 2 aromatic carbocycles. The van der Waals surface area contributed by atoms with Crippen LogP contribution in [-0.2, 0) is 9.59 Å². The molecule has 28 heavy (non-hydrogen) atoms. The molecule has 1 heterocycles. The van der Waals surface area contributed by atoms with E-state index in [0.29, 0.717) is 21.5 Å². The summed E-state index contributed by atoms with van der Waals surface area (Å²) in [6, 6.07) is 14.9. The number of ether oxygens (including phenoxy) is 1. The highest BCUT2D eigenvalue weighted by atomic mass is 32.2. The third-order valence-corrected chi connectivity index (χ3v) is 5.38. The third-order valence-electron chi connectivity index (χ3n) is 4.00. The Labute approximate surface area is 173 Å². The first kappa shape index (κ1) is 20.1. The monoisotopic (exact) mass is 412 g/mol. The lowest BCUT2D eigenvalue weighted by atomic mass is 10.1. The van der Waals surface area contributed by atoms with Gasteiger partial charge in [0.25, 0.3) is 5.91 Å². The second kappa shape index (κ2) is 9.03. The van der Waals surface area contributed by atoms with Crippen molar-refractivity contribution in [1.29, 1.82) is 0 Å². The van der Waals surface area contributed by atoms with Gasteiger partial charge in [-0.3, -0.25) is 14.5 Å². The number of benzene rings is 2. The first-order valence-electron chi connectivity index (χ1n) is 8.81. The quantitative estimate of drug-likeness (QED) is 0.568. The molecule has 1 N–H and O–H groups in total. The van der Waals surface area contributed by atoms with Gasteiger partial charge in [-0.15, -0.1) is 0 Å². The fourth-order valence-corrected chi connectivity index (χ4v) is 3.85. The molecule has 5 nitrogen and oxygen atoms in total. The van der Waals surface area contributed by atoms with Crippen molar-refractivity contribution in [2.24, 2.45) is 0 Å². The van der Waals surface area contributed by atoms with Crippen molar-refractivity contribution in [2.75, 3.05) is 18.5 Å². The average molecular weight is 413 g/mol. The zero-order valence-electron chi connectivity index (χ0n) is 15.6. The molecule has 1 saturated heterocycles. The van der Waals surface area contributed by atoms with E-state index in [1.807, 2.05) is 38.1 Å². The summed E-state index contributed by atoms with van der Waals surface area (Å²) in [5.41, 5.74) is 2.70. The van der Waals surface area contributed by atoms with Crippen LogP contribution in [0.1, 0.15) is 18.1 Å². The Morgan fingerprint density at radius 2 is 1.86 bits per heavy atom. The van der Waals surface area contributed by atoms with Crippen molar-refractivity contribution < 1.29 is 14.3 Å². The highest BCUT2D eigenvalue weighted by Gasteiger charge is 2.33. The second-order valence-electron chi connectivity index (χ2n) is 6.18. The van der Waals surface area contributed by atoms with Crippen molar-refractivity contribution in [3.8, 4) is 5.75 Å². The van der Waals surface area contributed by atoms with E-state index in [1.165, 1.54) is 16.7 Å². The van der Waals surface area contributed by atoms with Gasteiger partial charge in [-0.2, -0.15) is 0 Å². The minimum Gasteiger partial charge on any atom is -0.494 e. The number of anilines is 1. The Balaban J connectivity index is 1.63. The maximum atomic E-state index is 12.6. The van der Waals surface area contributed by atoms with Gasteiger partial charge in [-0.25, -0.2) is 0 Å². The molecule has 0 saturated carbocycles. The zero-order chi connectivity index (χ0) is 20.1. The highest BCUT2D eigenvalue weighted by molar-refractivity contribution is 8.26. The van der Waals surface area contributed by atoms with Crippen molar-refractivity contribution >= 4 is 51.9 Å². The summed E-state index contributed by atoms with van der Waals surface area (Å²) in [5, 5.41) is 2.77. The van der Waals surface area contributed by atoms with Crippen molar-refractivity contribution in [3.05, 3.63) is 64.6 Å². The summed E-state index contributed by atoms with van der Waals surface area (Å²) >= 11 is 6.50. The van der Waals surface area contributed by atoms with Gasteiger partial charge in [0.05, 0.1) is 11.5 Å². The van der Waals surface area contributed by atoms with Crippen LogP contribution in [0.3, 0.4) is 0 Å². The van der Waals surface area contributed by atoms with E-state index in [2.05, 4.69) is 5.32 Å². The standard InChI is InChI=1S/C21H20N2O3S2/c1-3-26-17-10-8-16(9-11-17)22-19(24)13-23-20(25)18(28-21(23)27)12-15-6-4-14(2)5-7-15/h4-12H,3,13H2,1-2H3,(H,22,24)/b18-12+. The number of carbonyl (C=O) groups excluding carboxylic acids is 2. The number of amides is 2. The zero-order valence-corrected chi connectivity index (χ0v) is 17.2. The minimum atomic E-state index is -0.308. The molecule has 0 aromatic heterocycles. The number of nitrogens with one attached hydrogen (secondary N) is 1. The van der Waals surface area contributed by atoms with Crippen LogP contribution in [0.5, 0.6) is 5.75 Å². The second-order valence-corrected chi connectivity index (χ2v) is 7.86. The Kier molecular flexibility index (Phi) is 6.49. The molecule has 0 unspecified atom stereocenters. The Bertz CT molecular complexity index is 922. The molecule has 1 fully saturated rings. The Morgan fingerprint density at radius 1 is 1.18 bits per heavy atom. The van der Waals surface area contributed by atoms with E-state index in [-0.39, 0.29) is 18.4 Å². The maximum absolute atomic E-state index is 12.6. The van der Waals surface area contributed by atoms with E-state index in [0.717, 1.165) is 16.9 Å². The first-order chi connectivity index (χ1) is 13.5. The summed E-state index contributed by atoms with van der Waals surface area (Å²) in [6.07, 6.45) is 1.79. The van der Waals surface area contributed by atoms with E-state index in [1.54, 1.807) is 30.3 Å². The highest BCUT2D eigenvalue weighted by Crippen LogP contribution is 2.32. The van der Waals surface area contributed by atoms with Crippen LogP contribution in [0, 0.1) is 6.92 Å². The molecule has 2 aromatic rings. The van der Waals surface area contributed by atoms with Crippen LogP contribution >= 0.6 is 24.0 Å². The largest absolute Gasteiger partial charge is 0.494 e. The van der Waals surface area contributed by atoms with Crippen LogP contribution < -0.4 is 10.1 Å². The lowest BCUT2D eigenvalue weighted by Gasteiger charge is -2.14. The lowest BCUT2D eigenvalue weighted by molar-refractivity contribution is -0.126. The molecule has 0 atom stereocenters. The fourth-order valence-electron chi connectivity index (χ4n) is 2.60. The summed E-state index contributed by atoms with van der Waals surface area (Å²) in [7, 11) is 0. The minimum absolute atomic E-state index is 0.122. The lowest BCUT2D eigenvalue weighted by Crippen LogP contribution is -2.36. The number of nitrogens with zero attached hydrogens (tertiary/aromatic N) is 1. The topological polar surface area (TPSA) is 58.6 Å². The number of hydrogen-bond donors (Lipinski definition) is 1. The van der Waals surface area contributed by atoms with Crippen LogP contribution in [0.2, 0.25) is 0 Å². The van der Waals surface area contributed by atoms with Crippen molar-refractivity contribution in [1.82, 2.24) is 4.90 Å². The number of rotatable bonds is 6. The van der Waals surface area contributed by atoms with Gasteiger partial charge in [-0.1, -0.05) is 53.8 Å². The van der Waals surface area contributed by atoms with Gasteiger partial charge in [-0.05, 0) is 49.8 Å². The Morgan fingerprint density at radius 3 is 2.50 bits per heavy atom. The smallest absolute Gasteiger partial charge is 0.266 e. The summed E-state index contributed by atoms with van der Waals surface area (Å²) in [6.45, 7) is 4.37. The van der Waals surface area contributed by atoms with Crippen molar-refractivity contribution in [2.45, 2.75) is 13.8 Å². The molecule has 3 rings (SSSR count). The van der Waals surface area contributed by atoms with E-state index < -0.39 is 0 Å². The van der Waals surface area contributed by atoms with Crippen LogP contribution in [-0.4, -0.2) is 34.2 Å². The van der Waals surface area contributed by atoms with Crippen LogP contribution in [0.25, 0.3) is 6.08 Å². The summed E-state index contributed by atoms with van der Waals surface area (Å²) < 4.78 is 5.76. The number of carbonyl (C=O) groups is 2. The van der Waals surface area contributed by atoms with Gasteiger partial charge in [0.1, 0.15) is 16.6 Å². The normalized spacial score (nSPS) is 15.2. The molecule has 0 radical (unpaired) electrons. The van der Waals surface area contributed by atoms with E-state index in [9.17, 15) is 9.59 Å². The van der Waals surface area contributed by atoms with Gasteiger partial charge in [0.15, 0.2) is 0 Å². The van der Waals surface area contributed by atoms with Crippen LogP contribution in [0.4, 0.5) is 5.69 Å². The molecule has 144 valence electrons. The van der Waals surface area contributed by atoms with Crippen molar-refractivity contribution in [3.63, 3.8) is 0 Å². The molecule has 0 bridgehead atoms. The first-order valence-corrected chi connectivity index (χ1v) is 10.0. The fraction of sp³-hybridized carbons (Fsp3) is 0.190. The molecule has 7 heteroatoms. The number of hydrogen-bond acceptors (Lipinski definition) is 5. The molecule has 0 aliphatic carbocycles. The summed E-state index contributed by atoms with van der Waals surface area (Å²) in [5.74, 6) is 0.174. The van der Waals surface area contributed by atoms with E-state index >= 15 is 0 Å². The number of thiocarbonyl (C=S) groups is 1.